The third-order valence-corrected chi connectivity index (χ3v) is 5.96. The van der Waals surface area contributed by atoms with Gasteiger partial charge in [0.25, 0.3) is 0 Å². The molecule has 2 fully saturated rings. The molecule has 0 atom stereocenters. The van der Waals surface area contributed by atoms with Gasteiger partial charge in [-0.2, -0.15) is 0 Å². The molecule has 0 radical (unpaired) electrons. The fourth-order valence-electron chi connectivity index (χ4n) is 3.48. The molecule has 2 aliphatic rings. The Morgan fingerprint density at radius 1 is 1.17 bits per heavy atom. The van der Waals surface area contributed by atoms with E-state index in [1.54, 1.807) is 11.1 Å². The minimum Gasteiger partial charge on any atom is -0.492 e. The second kappa shape index (κ2) is 11.6. The van der Waals surface area contributed by atoms with Crippen LogP contribution in [0.25, 0.3) is 0 Å². The van der Waals surface area contributed by atoms with Crippen molar-refractivity contribution in [2.24, 2.45) is 5.92 Å². The molecule has 1 aromatic rings. The zero-order chi connectivity index (χ0) is 21.3. The summed E-state index contributed by atoms with van der Waals surface area (Å²) in [5, 5.41) is 0. The smallest absolute Gasteiger partial charge is 0.410 e. The van der Waals surface area contributed by atoms with Crippen molar-refractivity contribution in [3.8, 4) is 5.75 Å². The highest BCUT2D eigenvalue weighted by atomic mass is 32.2. The number of pyridine rings is 1. The van der Waals surface area contributed by atoms with E-state index in [-0.39, 0.29) is 12.2 Å². The number of carbonyl (C=O) groups excluding carboxylic acids is 1. The van der Waals surface area contributed by atoms with Crippen molar-refractivity contribution in [1.82, 2.24) is 14.2 Å². The lowest BCUT2D eigenvalue weighted by Gasteiger charge is -2.33. The van der Waals surface area contributed by atoms with Gasteiger partial charge in [-0.05, 0) is 44.7 Å². The zero-order valence-electron chi connectivity index (χ0n) is 18.0. The zero-order valence-corrected chi connectivity index (χ0v) is 18.8. The number of piperidine rings is 1. The van der Waals surface area contributed by atoms with Gasteiger partial charge in [0.05, 0.1) is 26.0 Å². The first kappa shape index (κ1) is 22.9. The number of hydrogen-bond acceptors (Lipinski definition) is 9. The maximum Gasteiger partial charge on any atom is 0.410 e. The summed E-state index contributed by atoms with van der Waals surface area (Å²) in [6.45, 7) is 9.32. The Kier molecular flexibility index (Phi) is 8.86. The molecule has 168 valence electrons. The van der Waals surface area contributed by atoms with Crippen LogP contribution in [0, 0.1) is 5.92 Å². The number of ether oxygens (including phenoxy) is 2. The highest BCUT2D eigenvalue weighted by molar-refractivity contribution is 7.92. The topological polar surface area (TPSA) is 76.6 Å². The van der Waals surface area contributed by atoms with Crippen molar-refractivity contribution in [2.45, 2.75) is 32.8 Å². The molecule has 3 rings (SSSR count). The van der Waals surface area contributed by atoms with Gasteiger partial charge in [0.1, 0.15) is 23.8 Å². The molecule has 30 heavy (non-hydrogen) atoms. The van der Waals surface area contributed by atoms with E-state index in [9.17, 15) is 4.79 Å². The van der Waals surface area contributed by atoms with Gasteiger partial charge in [-0.1, -0.05) is 0 Å². The van der Waals surface area contributed by atoms with Gasteiger partial charge < -0.3 is 19.3 Å². The van der Waals surface area contributed by atoms with Crippen LogP contribution in [0.2, 0.25) is 0 Å². The van der Waals surface area contributed by atoms with Gasteiger partial charge >= 0.3 is 6.09 Å². The Morgan fingerprint density at radius 3 is 2.50 bits per heavy atom. The van der Waals surface area contributed by atoms with E-state index in [2.05, 4.69) is 19.1 Å². The summed E-state index contributed by atoms with van der Waals surface area (Å²) in [6.07, 6.45) is 3.34. The van der Waals surface area contributed by atoms with Crippen LogP contribution in [-0.2, 0) is 14.0 Å². The second-order valence-corrected chi connectivity index (χ2v) is 8.55. The molecule has 0 spiro atoms. The number of rotatable bonds is 8. The van der Waals surface area contributed by atoms with Crippen LogP contribution in [0.5, 0.6) is 5.75 Å². The minimum absolute atomic E-state index is 0.0820. The first-order valence-electron chi connectivity index (χ1n) is 10.5. The fourth-order valence-corrected chi connectivity index (χ4v) is 3.94. The second-order valence-electron chi connectivity index (χ2n) is 7.75. The minimum atomic E-state index is -0.213. The number of likely N-dealkylation sites (tertiary alicyclic amines) is 1. The monoisotopic (exact) mass is 440 g/mol. The Labute approximate surface area is 182 Å². The molecule has 0 bridgehead atoms. The summed E-state index contributed by atoms with van der Waals surface area (Å²) in [5.74, 6) is 2.17. The number of piperazine rings is 1. The lowest BCUT2D eigenvalue weighted by molar-refractivity contribution is -0.163. The number of anilines is 1. The van der Waals surface area contributed by atoms with Gasteiger partial charge in [0.15, 0.2) is 0 Å². The molecule has 2 saturated heterocycles. The summed E-state index contributed by atoms with van der Waals surface area (Å²) in [4.78, 5) is 25.2. The summed E-state index contributed by atoms with van der Waals surface area (Å²) < 4.78 is 18.2. The first-order chi connectivity index (χ1) is 14.5. The standard InChI is InChI=1S/C20H32N4O5S/c1-16(2)28-20(25)23-8-6-17(7-9-23)15-27-18-4-5-19(21-14-18)22-10-12-24(13-11-22)30-29-26-3/h4-5,14,16-17H,6-13,15H2,1-3H3. The summed E-state index contributed by atoms with van der Waals surface area (Å²) in [7, 11) is 1.50. The van der Waals surface area contributed by atoms with E-state index < -0.39 is 0 Å². The third-order valence-electron chi connectivity index (χ3n) is 5.18. The maximum absolute atomic E-state index is 12.0. The van der Waals surface area contributed by atoms with Crippen molar-refractivity contribution in [2.75, 3.05) is 57.9 Å². The molecule has 3 heterocycles. The van der Waals surface area contributed by atoms with Crippen LogP contribution >= 0.6 is 12.2 Å². The SMILES string of the molecule is COOSN1CCN(c2ccc(OCC3CCN(C(=O)OC(C)C)CC3)cn2)CC1. The third kappa shape index (κ3) is 6.90. The van der Waals surface area contributed by atoms with E-state index in [4.69, 9.17) is 13.8 Å². The first-order valence-corrected chi connectivity index (χ1v) is 11.2. The number of carbonyl (C=O) groups is 1. The number of amides is 1. The van der Waals surface area contributed by atoms with E-state index in [0.717, 1.165) is 63.7 Å². The van der Waals surface area contributed by atoms with Crippen LogP contribution in [0.4, 0.5) is 10.6 Å². The number of nitrogens with zero attached hydrogens (tertiary/aromatic N) is 4. The highest BCUT2D eigenvalue weighted by Gasteiger charge is 2.25. The molecule has 9 nitrogen and oxygen atoms in total. The summed E-state index contributed by atoms with van der Waals surface area (Å²) in [5.41, 5.74) is 0. The van der Waals surface area contributed by atoms with Crippen molar-refractivity contribution in [1.29, 1.82) is 0 Å². The number of aromatic nitrogens is 1. The normalized spacial score (nSPS) is 18.7. The molecule has 0 aromatic carbocycles. The Bertz CT molecular complexity index is 647. The van der Waals surface area contributed by atoms with Gasteiger partial charge in [0, 0.05) is 39.3 Å². The molecular weight excluding hydrogens is 408 g/mol. The molecule has 0 unspecified atom stereocenters. The van der Waals surface area contributed by atoms with Crippen LogP contribution < -0.4 is 9.64 Å². The Morgan fingerprint density at radius 2 is 1.90 bits per heavy atom. The Balaban J connectivity index is 1.37. The van der Waals surface area contributed by atoms with Crippen molar-refractivity contribution >= 4 is 24.1 Å². The average molecular weight is 441 g/mol. The lowest BCUT2D eigenvalue weighted by atomic mass is 9.98. The van der Waals surface area contributed by atoms with E-state index >= 15 is 0 Å². The maximum atomic E-state index is 12.0. The molecule has 0 aliphatic carbocycles. The van der Waals surface area contributed by atoms with Crippen LogP contribution in [0.3, 0.4) is 0 Å². The summed E-state index contributed by atoms with van der Waals surface area (Å²) in [6, 6.07) is 3.99. The Hall–Kier alpha value is -1.75. The van der Waals surface area contributed by atoms with Gasteiger partial charge in [-0.3, -0.25) is 0 Å². The van der Waals surface area contributed by atoms with Crippen molar-refractivity contribution < 1.29 is 23.5 Å². The molecule has 10 heteroatoms. The van der Waals surface area contributed by atoms with Crippen molar-refractivity contribution in [3.63, 3.8) is 0 Å². The molecule has 2 aliphatic heterocycles. The lowest BCUT2D eigenvalue weighted by Crippen LogP contribution is -2.43. The van der Waals surface area contributed by atoms with E-state index in [0.29, 0.717) is 12.5 Å². The van der Waals surface area contributed by atoms with Gasteiger partial charge in [-0.15, -0.1) is 4.33 Å². The predicted molar refractivity (Wildman–Crippen MR) is 115 cm³/mol. The highest BCUT2D eigenvalue weighted by Crippen LogP contribution is 2.23. The fraction of sp³-hybridized carbons (Fsp3) is 0.700. The molecule has 1 aromatic heterocycles. The largest absolute Gasteiger partial charge is 0.492 e. The molecule has 1 amide bonds. The van der Waals surface area contributed by atoms with Crippen LogP contribution in [0.1, 0.15) is 26.7 Å². The summed E-state index contributed by atoms with van der Waals surface area (Å²) >= 11 is 1.24. The van der Waals surface area contributed by atoms with Gasteiger partial charge in [0.2, 0.25) is 0 Å². The van der Waals surface area contributed by atoms with E-state index in [1.807, 2.05) is 26.0 Å². The van der Waals surface area contributed by atoms with Crippen molar-refractivity contribution in [3.05, 3.63) is 18.3 Å². The average Bonchev–Trinajstić information content (AvgIpc) is 2.77. The van der Waals surface area contributed by atoms with E-state index in [1.165, 1.54) is 19.3 Å². The molecule has 0 N–H and O–H groups in total. The molecule has 0 saturated carbocycles. The van der Waals surface area contributed by atoms with Gasteiger partial charge in [-0.25, -0.2) is 19.0 Å². The van der Waals surface area contributed by atoms with Crippen LogP contribution in [-0.4, -0.2) is 79.4 Å². The molecular formula is C20H32N4O5S. The quantitative estimate of drug-likeness (QED) is 0.262. The number of hydrogen-bond donors (Lipinski definition) is 0. The predicted octanol–water partition coefficient (Wildman–Crippen LogP) is 2.98. The van der Waals surface area contributed by atoms with Crippen LogP contribution in [0.15, 0.2) is 18.3 Å².